The van der Waals surface area contributed by atoms with E-state index < -0.39 is 16.6 Å². The first-order chi connectivity index (χ1) is 14.3. The second kappa shape index (κ2) is 9.21. The molecule has 0 atom stereocenters. The van der Waals surface area contributed by atoms with Gasteiger partial charge in [-0.05, 0) is 30.3 Å². The van der Waals surface area contributed by atoms with Gasteiger partial charge in [0.15, 0.2) is 5.13 Å². The largest absolute Gasteiger partial charge is 0.455 e. The van der Waals surface area contributed by atoms with Crippen LogP contribution in [0, 0.1) is 10.1 Å². The first kappa shape index (κ1) is 21.7. The predicted octanol–water partition coefficient (Wildman–Crippen LogP) is 5.40. The summed E-state index contributed by atoms with van der Waals surface area (Å²) in [5.41, 5.74) is 0.261. The Morgan fingerprint density at radius 3 is 2.60 bits per heavy atom. The summed E-state index contributed by atoms with van der Waals surface area (Å²) in [6.07, 6.45) is 0. The van der Waals surface area contributed by atoms with Gasteiger partial charge in [-0.15, -0.1) is 11.3 Å². The number of ether oxygens (including phenoxy) is 1. The maximum Gasteiger partial charge on any atom is 0.345 e. The van der Waals surface area contributed by atoms with E-state index in [0.29, 0.717) is 21.5 Å². The molecule has 2 aromatic carbocycles. The minimum Gasteiger partial charge on any atom is -0.455 e. The Balaban J connectivity index is 1.76. The molecular formula is C19H13Cl2N3O5S. The topological polar surface area (TPSA) is 103 Å². The number of aromatic nitrogens is 1. The molecule has 0 radical (unpaired) electrons. The number of nitrogens with zero attached hydrogens (tertiary/aromatic N) is 3. The number of benzene rings is 2. The maximum absolute atomic E-state index is 12.3. The Morgan fingerprint density at radius 1 is 1.20 bits per heavy atom. The van der Waals surface area contributed by atoms with Gasteiger partial charge in [-0.2, -0.15) is 0 Å². The van der Waals surface area contributed by atoms with Crippen molar-refractivity contribution in [3.63, 3.8) is 0 Å². The lowest BCUT2D eigenvalue weighted by molar-refractivity contribution is -0.385. The van der Waals surface area contributed by atoms with Crippen LogP contribution in [0.4, 0.5) is 16.5 Å². The molecule has 11 heteroatoms. The molecule has 8 nitrogen and oxygen atoms in total. The van der Waals surface area contributed by atoms with Gasteiger partial charge in [0.1, 0.15) is 12.2 Å². The molecule has 0 aliphatic carbocycles. The van der Waals surface area contributed by atoms with Crippen molar-refractivity contribution in [3.05, 3.63) is 79.3 Å². The van der Waals surface area contributed by atoms with Crippen molar-refractivity contribution in [2.24, 2.45) is 0 Å². The molecule has 0 aliphatic rings. The fourth-order valence-corrected chi connectivity index (χ4v) is 3.78. The van der Waals surface area contributed by atoms with Crippen molar-refractivity contribution in [1.29, 1.82) is 0 Å². The zero-order valence-corrected chi connectivity index (χ0v) is 17.7. The fourth-order valence-electron chi connectivity index (χ4n) is 2.55. The number of hydrogen-bond donors (Lipinski definition) is 0. The molecule has 0 unspecified atom stereocenters. The third kappa shape index (κ3) is 4.93. The highest BCUT2D eigenvalue weighted by Crippen LogP contribution is 2.31. The van der Waals surface area contributed by atoms with Crippen LogP contribution < -0.4 is 4.90 Å². The summed E-state index contributed by atoms with van der Waals surface area (Å²) in [5.74, 6) is -1.15. The summed E-state index contributed by atoms with van der Waals surface area (Å²) < 4.78 is 5.16. The summed E-state index contributed by atoms with van der Waals surface area (Å²) >= 11 is 12.9. The van der Waals surface area contributed by atoms with E-state index in [1.165, 1.54) is 35.3 Å². The Kier molecular flexibility index (Phi) is 6.66. The predicted molar refractivity (Wildman–Crippen MR) is 114 cm³/mol. The van der Waals surface area contributed by atoms with Gasteiger partial charge < -0.3 is 4.74 Å². The van der Waals surface area contributed by atoms with Crippen LogP contribution in [0.25, 0.3) is 0 Å². The average Bonchev–Trinajstić information content (AvgIpc) is 3.14. The molecule has 0 saturated carbocycles. The lowest BCUT2D eigenvalue weighted by Gasteiger charge is -2.18. The molecule has 154 valence electrons. The summed E-state index contributed by atoms with van der Waals surface area (Å²) in [7, 11) is 0. The highest BCUT2D eigenvalue weighted by atomic mass is 35.5. The zero-order valence-electron chi connectivity index (χ0n) is 15.4. The molecule has 1 heterocycles. The van der Waals surface area contributed by atoms with Gasteiger partial charge in [0.05, 0.1) is 16.3 Å². The van der Waals surface area contributed by atoms with E-state index in [9.17, 15) is 19.7 Å². The normalized spacial score (nSPS) is 10.5. The summed E-state index contributed by atoms with van der Waals surface area (Å²) in [5, 5.41) is 13.7. The van der Waals surface area contributed by atoms with Crippen molar-refractivity contribution < 1.29 is 19.2 Å². The number of nitro benzene ring substituents is 1. The van der Waals surface area contributed by atoms with Crippen LogP contribution in [0.1, 0.15) is 23.0 Å². The Morgan fingerprint density at radius 2 is 1.93 bits per heavy atom. The van der Waals surface area contributed by atoms with Crippen LogP contribution in [-0.4, -0.2) is 21.8 Å². The van der Waals surface area contributed by atoms with Crippen LogP contribution >= 0.6 is 34.5 Å². The van der Waals surface area contributed by atoms with E-state index in [1.807, 2.05) is 0 Å². The first-order valence-corrected chi connectivity index (χ1v) is 10.0. The van der Waals surface area contributed by atoms with Gasteiger partial charge in [0.2, 0.25) is 5.91 Å². The van der Waals surface area contributed by atoms with E-state index in [1.54, 1.807) is 29.6 Å². The van der Waals surface area contributed by atoms with E-state index in [0.717, 1.165) is 6.07 Å². The molecule has 0 aliphatic heterocycles. The van der Waals surface area contributed by atoms with Crippen LogP contribution in [0.3, 0.4) is 0 Å². The number of anilines is 2. The van der Waals surface area contributed by atoms with Gasteiger partial charge >= 0.3 is 5.97 Å². The molecule has 1 aromatic heterocycles. The van der Waals surface area contributed by atoms with Crippen molar-refractivity contribution in [3.8, 4) is 0 Å². The number of amides is 1. The van der Waals surface area contributed by atoms with Gasteiger partial charge in [-0.1, -0.05) is 29.3 Å². The minimum atomic E-state index is -0.883. The maximum atomic E-state index is 12.3. The van der Waals surface area contributed by atoms with Crippen molar-refractivity contribution >= 4 is 62.9 Å². The Labute approximate surface area is 184 Å². The summed E-state index contributed by atoms with van der Waals surface area (Å²) in [6.45, 7) is 1.16. The molecule has 0 saturated heterocycles. The van der Waals surface area contributed by atoms with E-state index in [2.05, 4.69) is 4.98 Å². The highest BCUT2D eigenvalue weighted by molar-refractivity contribution is 7.14. The molecule has 0 N–H and O–H groups in total. The third-order valence-electron chi connectivity index (χ3n) is 3.84. The Bertz CT molecular complexity index is 1130. The summed E-state index contributed by atoms with van der Waals surface area (Å²) in [4.78, 5) is 40.6. The quantitative estimate of drug-likeness (QED) is 0.274. The average molecular weight is 466 g/mol. The van der Waals surface area contributed by atoms with Gasteiger partial charge in [0, 0.05) is 28.4 Å². The molecule has 1 amide bonds. The molecule has 0 spiro atoms. The fraction of sp³-hybridized carbons (Fsp3) is 0.105. The van der Waals surface area contributed by atoms with Crippen LogP contribution in [0.2, 0.25) is 10.0 Å². The molecule has 3 aromatic rings. The van der Waals surface area contributed by atoms with E-state index >= 15 is 0 Å². The lowest BCUT2D eigenvalue weighted by Crippen LogP contribution is -2.22. The molecule has 3 rings (SSSR count). The second-order valence-corrected chi connectivity index (χ2v) is 7.66. The number of rotatable bonds is 6. The first-order valence-electron chi connectivity index (χ1n) is 8.38. The Hall–Kier alpha value is -3.01. The number of nitro groups is 1. The van der Waals surface area contributed by atoms with E-state index in [4.69, 9.17) is 27.9 Å². The molecule has 0 fully saturated rings. The van der Waals surface area contributed by atoms with E-state index in [-0.39, 0.29) is 23.1 Å². The molecule has 30 heavy (non-hydrogen) atoms. The van der Waals surface area contributed by atoms with Crippen molar-refractivity contribution in [2.75, 3.05) is 4.90 Å². The smallest absolute Gasteiger partial charge is 0.345 e. The number of halogens is 2. The number of esters is 1. The minimum absolute atomic E-state index is 0.132. The van der Waals surface area contributed by atoms with Crippen molar-refractivity contribution in [2.45, 2.75) is 13.5 Å². The molecule has 0 bridgehead atoms. The second-order valence-electron chi connectivity index (χ2n) is 5.95. The lowest BCUT2D eigenvalue weighted by atomic mass is 10.2. The number of carbonyl (C=O) groups excluding carboxylic acids is 2. The number of carbonyl (C=O) groups is 2. The zero-order chi connectivity index (χ0) is 21.8. The van der Waals surface area contributed by atoms with Crippen molar-refractivity contribution in [1.82, 2.24) is 4.98 Å². The standard InChI is InChI=1S/C19H13Cl2N3O5S/c1-11(25)23(15-4-2-3-12(20)7-15)19-22-14(10-30-19)9-29-18(26)16-6-5-13(21)8-17(16)24(27)28/h2-8,10H,9H2,1H3. The SMILES string of the molecule is CC(=O)N(c1cccc(Cl)c1)c1nc(COC(=O)c2ccc(Cl)cc2[N+](=O)[O-])cs1. The van der Waals surface area contributed by atoms with Gasteiger partial charge in [-0.3, -0.25) is 19.8 Å². The van der Waals surface area contributed by atoms with Gasteiger partial charge in [0.25, 0.3) is 5.69 Å². The number of hydrogen-bond acceptors (Lipinski definition) is 7. The highest BCUT2D eigenvalue weighted by Gasteiger charge is 2.23. The van der Waals surface area contributed by atoms with Gasteiger partial charge in [-0.25, -0.2) is 9.78 Å². The number of thiazole rings is 1. The molecular weight excluding hydrogens is 453 g/mol. The van der Waals surface area contributed by atoms with Crippen LogP contribution in [0.5, 0.6) is 0 Å². The van der Waals surface area contributed by atoms with Crippen LogP contribution in [-0.2, 0) is 16.1 Å². The monoisotopic (exact) mass is 465 g/mol. The van der Waals surface area contributed by atoms with Crippen LogP contribution in [0.15, 0.2) is 47.8 Å². The summed E-state index contributed by atoms with van der Waals surface area (Å²) in [6, 6.07) is 10.4. The third-order valence-corrected chi connectivity index (χ3v) is 5.18.